The molecular weight excluding hydrogens is 497 g/mol. The van der Waals surface area contributed by atoms with Gasteiger partial charge in [0.1, 0.15) is 11.5 Å². The molecule has 1 aromatic carbocycles. The Labute approximate surface area is 220 Å². The summed E-state index contributed by atoms with van der Waals surface area (Å²) < 4.78 is 15.3. The molecule has 1 N–H and O–H groups in total. The average Bonchev–Trinajstić information content (AvgIpc) is 3.26. The summed E-state index contributed by atoms with van der Waals surface area (Å²) in [6, 6.07) is 6.36. The Morgan fingerprint density at radius 1 is 1.19 bits per heavy atom. The van der Waals surface area contributed by atoms with Crippen LogP contribution in [-0.4, -0.2) is 72.6 Å². The van der Waals surface area contributed by atoms with E-state index in [0.717, 1.165) is 5.56 Å². The third kappa shape index (κ3) is 4.70. The number of fused-ring (bicyclic) bond motifs is 1. The van der Waals surface area contributed by atoms with Crippen LogP contribution < -0.4 is 0 Å². The van der Waals surface area contributed by atoms with Crippen LogP contribution in [0.1, 0.15) is 62.5 Å². The number of imidazole rings is 1. The standard InChI is InChI=1S/C27H31ClFN5O3/c1-15(2)19-12-22(16-5-6-21(29)20(28)11-16)31-34-13-23(30-24(19)34)26(37)33-8-7-32(14-27(33,3)4)25(36)17-9-18(35)10-17/h5-6,11-13,15,17-18,35H,7-10,14H2,1-4H3. The lowest BCUT2D eigenvalue weighted by molar-refractivity contribution is -0.146. The molecule has 2 aliphatic rings. The maximum absolute atomic E-state index is 13.7. The van der Waals surface area contributed by atoms with E-state index in [4.69, 9.17) is 11.6 Å². The van der Waals surface area contributed by atoms with Gasteiger partial charge in [0.05, 0.1) is 28.6 Å². The minimum atomic E-state index is -0.590. The molecule has 3 heterocycles. The number of hydrogen-bond donors (Lipinski definition) is 1. The minimum absolute atomic E-state index is 0.0142. The van der Waals surface area contributed by atoms with E-state index >= 15 is 0 Å². The highest BCUT2D eigenvalue weighted by Crippen LogP contribution is 2.32. The molecule has 0 radical (unpaired) electrons. The number of amides is 2. The molecule has 3 aromatic rings. The first-order valence-corrected chi connectivity index (χ1v) is 13.0. The maximum atomic E-state index is 13.7. The van der Waals surface area contributed by atoms with Gasteiger partial charge in [-0.2, -0.15) is 5.10 Å². The molecule has 1 saturated heterocycles. The Morgan fingerprint density at radius 3 is 2.54 bits per heavy atom. The number of rotatable bonds is 4. The quantitative estimate of drug-likeness (QED) is 0.550. The Hall–Kier alpha value is -3.04. The molecule has 10 heteroatoms. The van der Waals surface area contributed by atoms with Crippen LogP contribution in [0.3, 0.4) is 0 Å². The molecule has 1 saturated carbocycles. The van der Waals surface area contributed by atoms with Crippen LogP contribution in [0.4, 0.5) is 4.39 Å². The van der Waals surface area contributed by atoms with E-state index in [1.54, 1.807) is 21.7 Å². The first kappa shape index (κ1) is 25.6. The van der Waals surface area contributed by atoms with E-state index in [1.165, 1.54) is 12.1 Å². The zero-order valence-corrected chi connectivity index (χ0v) is 22.2. The lowest BCUT2D eigenvalue weighted by Gasteiger charge is -2.48. The van der Waals surface area contributed by atoms with Gasteiger partial charge in [0.15, 0.2) is 5.65 Å². The summed E-state index contributed by atoms with van der Waals surface area (Å²) in [4.78, 5) is 34.7. The summed E-state index contributed by atoms with van der Waals surface area (Å²) in [6.07, 6.45) is 2.26. The number of hydrogen-bond acceptors (Lipinski definition) is 5. The molecule has 1 aliphatic carbocycles. The van der Waals surface area contributed by atoms with Crippen LogP contribution in [0.5, 0.6) is 0 Å². The van der Waals surface area contributed by atoms with Crippen molar-refractivity contribution in [2.24, 2.45) is 5.92 Å². The van der Waals surface area contributed by atoms with Crippen molar-refractivity contribution >= 4 is 29.1 Å². The van der Waals surface area contributed by atoms with E-state index in [2.05, 4.69) is 10.1 Å². The predicted octanol–water partition coefficient (Wildman–Crippen LogP) is 4.15. The van der Waals surface area contributed by atoms with Gasteiger partial charge in [0.25, 0.3) is 5.91 Å². The second kappa shape index (κ2) is 9.36. The first-order chi connectivity index (χ1) is 17.4. The van der Waals surface area contributed by atoms with Crippen molar-refractivity contribution in [2.75, 3.05) is 19.6 Å². The second-order valence-electron chi connectivity index (χ2n) is 11.0. The second-order valence-corrected chi connectivity index (χ2v) is 11.4. The summed E-state index contributed by atoms with van der Waals surface area (Å²) in [5.41, 5.74) is 2.44. The van der Waals surface area contributed by atoms with Crippen LogP contribution in [-0.2, 0) is 4.79 Å². The van der Waals surface area contributed by atoms with Gasteiger partial charge in [0, 0.05) is 36.7 Å². The van der Waals surface area contributed by atoms with Gasteiger partial charge < -0.3 is 14.9 Å². The molecule has 1 aliphatic heterocycles. The van der Waals surface area contributed by atoms with Gasteiger partial charge in [-0.1, -0.05) is 25.4 Å². The van der Waals surface area contributed by atoms with Gasteiger partial charge in [-0.25, -0.2) is 13.9 Å². The number of piperazine rings is 1. The molecule has 2 aromatic heterocycles. The molecular formula is C27H31ClFN5O3. The van der Waals surface area contributed by atoms with E-state index < -0.39 is 11.4 Å². The van der Waals surface area contributed by atoms with Crippen LogP contribution >= 0.6 is 11.6 Å². The zero-order valence-electron chi connectivity index (χ0n) is 21.4. The van der Waals surface area contributed by atoms with Crippen molar-refractivity contribution in [3.8, 4) is 11.3 Å². The predicted molar refractivity (Wildman–Crippen MR) is 138 cm³/mol. The van der Waals surface area contributed by atoms with Crippen molar-refractivity contribution in [3.63, 3.8) is 0 Å². The molecule has 2 fully saturated rings. The maximum Gasteiger partial charge on any atom is 0.274 e. The fourth-order valence-electron chi connectivity index (χ4n) is 5.23. The topological polar surface area (TPSA) is 91.0 Å². The number of nitrogens with zero attached hydrogens (tertiary/aromatic N) is 5. The van der Waals surface area contributed by atoms with Gasteiger partial charge in [-0.05, 0) is 56.9 Å². The van der Waals surface area contributed by atoms with Gasteiger partial charge in [-0.15, -0.1) is 0 Å². The third-order valence-electron chi connectivity index (χ3n) is 7.43. The van der Waals surface area contributed by atoms with Crippen LogP contribution in [0, 0.1) is 11.7 Å². The summed E-state index contributed by atoms with van der Waals surface area (Å²) in [7, 11) is 0. The summed E-state index contributed by atoms with van der Waals surface area (Å²) >= 11 is 6.00. The molecule has 196 valence electrons. The largest absolute Gasteiger partial charge is 0.393 e. The Bertz CT molecular complexity index is 1380. The number of aromatic nitrogens is 3. The third-order valence-corrected chi connectivity index (χ3v) is 7.72. The van der Waals surface area contributed by atoms with Crippen LogP contribution in [0.25, 0.3) is 16.9 Å². The minimum Gasteiger partial charge on any atom is -0.393 e. The van der Waals surface area contributed by atoms with Crippen molar-refractivity contribution in [2.45, 2.75) is 58.1 Å². The molecule has 0 spiro atoms. The summed E-state index contributed by atoms with van der Waals surface area (Å²) in [5, 5.41) is 14.2. The van der Waals surface area contributed by atoms with E-state index in [-0.39, 0.29) is 40.5 Å². The highest BCUT2D eigenvalue weighted by Gasteiger charge is 2.43. The summed E-state index contributed by atoms with van der Waals surface area (Å²) in [5.74, 6) is -0.695. The highest BCUT2D eigenvalue weighted by molar-refractivity contribution is 6.31. The zero-order chi connectivity index (χ0) is 26.6. The molecule has 0 bridgehead atoms. The number of aliphatic hydroxyl groups excluding tert-OH is 1. The van der Waals surface area contributed by atoms with E-state index in [0.29, 0.717) is 49.4 Å². The van der Waals surface area contributed by atoms with Crippen molar-refractivity contribution < 1.29 is 19.1 Å². The fraction of sp³-hybridized carbons (Fsp3) is 0.481. The van der Waals surface area contributed by atoms with Gasteiger partial charge >= 0.3 is 0 Å². The van der Waals surface area contributed by atoms with Gasteiger partial charge in [-0.3, -0.25) is 9.59 Å². The first-order valence-electron chi connectivity index (χ1n) is 12.6. The van der Waals surface area contributed by atoms with Gasteiger partial charge in [0.2, 0.25) is 5.91 Å². The lowest BCUT2D eigenvalue weighted by Crippen LogP contribution is -2.63. The number of benzene rings is 1. The molecule has 8 nitrogen and oxygen atoms in total. The Morgan fingerprint density at radius 2 is 1.92 bits per heavy atom. The average molecular weight is 528 g/mol. The monoisotopic (exact) mass is 527 g/mol. The Balaban J connectivity index is 1.43. The molecule has 0 unspecified atom stereocenters. The molecule has 0 atom stereocenters. The van der Waals surface area contributed by atoms with Crippen molar-refractivity contribution in [3.05, 3.63) is 52.6 Å². The number of halogens is 2. The van der Waals surface area contributed by atoms with E-state index in [1.807, 2.05) is 38.7 Å². The molecule has 5 rings (SSSR count). The Kier molecular flexibility index (Phi) is 6.48. The molecule has 2 amide bonds. The lowest BCUT2D eigenvalue weighted by atomic mass is 9.81. The number of carbonyl (C=O) groups is 2. The normalized spacial score (nSPS) is 21.4. The summed E-state index contributed by atoms with van der Waals surface area (Å²) in [6.45, 7) is 9.22. The van der Waals surface area contributed by atoms with Crippen molar-refractivity contribution in [1.29, 1.82) is 0 Å². The smallest absolute Gasteiger partial charge is 0.274 e. The van der Waals surface area contributed by atoms with Crippen molar-refractivity contribution in [1.82, 2.24) is 24.4 Å². The molecule has 37 heavy (non-hydrogen) atoms. The van der Waals surface area contributed by atoms with Crippen LogP contribution in [0.2, 0.25) is 5.02 Å². The van der Waals surface area contributed by atoms with E-state index in [9.17, 15) is 19.1 Å². The number of aliphatic hydroxyl groups is 1. The SMILES string of the molecule is CC(C)c1cc(-c2ccc(F)c(Cl)c2)nn2cc(C(=O)N3CCN(C(=O)C4CC(O)C4)CC3(C)C)nc12. The number of carbonyl (C=O) groups excluding carboxylic acids is 2. The fourth-order valence-corrected chi connectivity index (χ4v) is 5.41. The highest BCUT2D eigenvalue weighted by atomic mass is 35.5. The van der Waals surface area contributed by atoms with Crippen LogP contribution in [0.15, 0.2) is 30.5 Å².